The molecular weight excluding hydrogens is 284 g/mol. The van der Waals surface area contributed by atoms with Crippen LogP contribution in [0.15, 0.2) is 23.1 Å². The number of rotatable bonds is 4. The zero-order valence-electron chi connectivity index (χ0n) is 11.0. The van der Waals surface area contributed by atoms with Crippen LogP contribution in [-0.2, 0) is 14.8 Å². The number of hydrogen-bond acceptors (Lipinski definition) is 5. The first-order valence-electron chi connectivity index (χ1n) is 6.04. The normalized spacial score (nSPS) is 21.3. The topological polar surface area (TPSA) is 106 Å². The van der Waals surface area contributed by atoms with Crippen LogP contribution in [-0.4, -0.2) is 19.2 Å². The molecule has 1 N–H and O–H groups in total. The molecule has 0 radical (unpaired) electrons. The molecule has 0 spiro atoms. The molecule has 1 aromatic carbocycles. The Morgan fingerprint density at radius 1 is 1.45 bits per heavy atom. The van der Waals surface area contributed by atoms with Crippen molar-refractivity contribution < 1.29 is 18.1 Å². The number of nitrogens with one attached hydrogen (secondary N) is 1. The fourth-order valence-electron chi connectivity index (χ4n) is 2.00. The number of nitrogens with zero attached hydrogens (tertiary/aromatic N) is 1. The zero-order valence-corrected chi connectivity index (χ0v) is 11.8. The van der Waals surface area contributed by atoms with Gasteiger partial charge >= 0.3 is 0 Å². The lowest BCUT2D eigenvalue weighted by atomic mass is 10.2. The third kappa shape index (κ3) is 2.79. The molecule has 0 unspecified atom stereocenters. The van der Waals surface area contributed by atoms with Gasteiger partial charge in [-0.3, -0.25) is 14.9 Å². The molecule has 0 saturated heterocycles. The molecule has 7 nitrogen and oxygen atoms in total. The molecule has 0 aromatic heterocycles. The summed E-state index contributed by atoms with van der Waals surface area (Å²) in [6, 6.07) is 3.41. The van der Waals surface area contributed by atoms with E-state index in [2.05, 4.69) is 0 Å². The van der Waals surface area contributed by atoms with Crippen LogP contribution >= 0.6 is 0 Å². The fraction of sp³-hybridized carbons (Fsp3) is 0.417. The molecule has 1 fully saturated rings. The Morgan fingerprint density at radius 2 is 2.05 bits per heavy atom. The lowest BCUT2D eigenvalue weighted by Gasteiger charge is -2.08. The monoisotopic (exact) mass is 298 g/mol. The second kappa shape index (κ2) is 4.86. The van der Waals surface area contributed by atoms with E-state index in [0.717, 1.165) is 12.1 Å². The molecule has 20 heavy (non-hydrogen) atoms. The van der Waals surface area contributed by atoms with Gasteiger partial charge in [-0.25, -0.2) is 13.1 Å². The maximum atomic E-state index is 12.1. The summed E-state index contributed by atoms with van der Waals surface area (Å²) in [5, 5.41) is 10.6. The standard InChI is InChI=1S/C12H14N2O5S/c1-7-6-10(7)12(15)13-20(18,19)11-4-3-9(14(16)17)5-8(11)2/h3-5,7,10H,6H2,1-2H3,(H,13,15)/t7-,10-/m1/s1. The second-order valence-corrected chi connectivity index (χ2v) is 6.65. The number of carbonyl (C=O) groups is 1. The van der Waals surface area contributed by atoms with Crippen molar-refractivity contribution in [2.45, 2.75) is 25.2 Å². The first-order valence-corrected chi connectivity index (χ1v) is 7.52. The Labute approximate surface area is 116 Å². The van der Waals surface area contributed by atoms with Crippen LogP contribution in [0.1, 0.15) is 18.9 Å². The Bertz CT molecular complexity index is 683. The van der Waals surface area contributed by atoms with E-state index in [0.29, 0.717) is 6.42 Å². The average molecular weight is 298 g/mol. The summed E-state index contributed by atoms with van der Waals surface area (Å²) < 4.78 is 26.2. The number of hydrogen-bond donors (Lipinski definition) is 1. The molecule has 1 amide bonds. The highest BCUT2D eigenvalue weighted by atomic mass is 32.2. The molecule has 2 atom stereocenters. The Kier molecular flexibility index (Phi) is 3.51. The van der Waals surface area contributed by atoms with Crippen LogP contribution in [0, 0.1) is 28.9 Å². The lowest BCUT2D eigenvalue weighted by Crippen LogP contribution is -2.32. The Morgan fingerprint density at radius 3 is 2.50 bits per heavy atom. The van der Waals surface area contributed by atoms with Crippen molar-refractivity contribution in [3.05, 3.63) is 33.9 Å². The minimum absolute atomic E-state index is 0.121. The summed E-state index contributed by atoms with van der Waals surface area (Å²) >= 11 is 0. The van der Waals surface area contributed by atoms with Gasteiger partial charge in [-0.15, -0.1) is 0 Å². The third-order valence-corrected chi connectivity index (χ3v) is 4.85. The largest absolute Gasteiger partial charge is 0.274 e. The maximum absolute atomic E-state index is 12.1. The highest BCUT2D eigenvalue weighted by molar-refractivity contribution is 7.90. The number of nitro benzene ring substituents is 1. The van der Waals surface area contributed by atoms with Crippen LogP contribution in [0.25, 0.3) is 0 Å². The van der Waals surface area contributed by atoms with Crippen LogP contribution in [0.2, 0.25) is 0 Å². The summed E-state index contributed by atoms with van der Waals surface area (Å²) in [7, 11) is -3.98. The SMILES string of the molecule is Cc1cc([N+](=O)[O-])ccc1S(=O)(=O)NC(=O)[C@@H]1C[C@H]1C. The summed E-state index contributed by atoms with van der Waals surface area (Å²) in [6.07, 6.45) is 0.681. The van der Waals surface area contributed by atoms with E-state index in [9.17, 15) is 23.3 Å². The number of aryl methyl sites for hydroxylation is 1. The molecule has 0 aliphatic heterocycles. The van der Waals surface area contributed by atoms with Crippen molar-refractivity contribution in [3.8, 4) is 0 Å². The van der Waals surface area contributed by atoms with Crippen molar-refractivity contribution in [3.63, 3.8) is 0 Å². The third-order valence-electron chi connectivity index (χ3n) is 3.34. The molecule has 1 aliphatic rings. The zero-order chi connectivity index (χ0) is 15.1. The summed E-state index contributed by atoms with van der Waals surface area (Å²) in [6.45, 7) is 3.32. The molecule has 1 saturated carbocycles. The van der Waals surface area contributed by atoms with Gasteiger partial charge in [0.1, 0.15) is 0 Å². The van der Waals surface area contributed by atoms with Gasteiger partial charge in [0.25, 0.3) is 15.7 Å². The number of amides is 1. The minimum atomic E-state index is -3.98. The number of benzene rings is 1. The Hall–Kier alpha value is -1.96. The van der Waals surface area contributed by atoms with Gasteiger partial charge in [0.2, 0.25) is 5.91 Å². The summed E-state index contributed by atoms with van der Waals surface area (Å²) in [4.78, 5) is 21.6. The summed E-state index contributed by atoms with van der Waals surface area (Å²) in [5.74, 6) is -0.582. The van der Waals surface area contributed by atoms with Gasteiger partial charge in [0, 0.05) is 18.1 Å². The van der Waals surface area contributed by atoms with Crippen LogP contribution in [0.4, 0.5) is 5.69 Å². The number of sulfonamides is 1. The molecule has 2 rings (SSSR count). The van der Waals surface area contributed by atoms with E-state index >= 15 is 0 Å². The van der Waals surface area contributed by atoms with E-state index < -0.39 is 20.9 Å². The lowest BCUT2D eigenvalue weighted by molar-refractivity contribution is -0.385. The summed E-state index contributed by atoms with van der Waals surface area (Å²) in [5.41, 5.74) is 0.0342. The smallest absolute Gasteiger partial charge is 0.269 e. The van der Waals surface area contributed by atoms with E-state index in [1.807, 2.05) is 11.6 Å². The number of nitro groups is 1. The molecule has 108 valence electrons. The van der Waals surface area contributed by atoms with Crippen LogP contribution < -0.4 is 4.72 Å². The van der Waals surface area contributed by atoms with Gasteiger partial charge in [0.05, 0.1) is 9.82 Å². The number of carbonyl (C=O) groups excluding carboxylic acids is 1. The highest BCUT2D eigenvalue weighted by Gasteiger charge is 2.40. The first-order chi connectivity index (χ1) is 9.22. The molecular formula is C12H14N2O5S. The average Bonchev–Trinajstić information content (AvgIpc) is 3.05. The van der Waals surface area contributed by atoms with Crippen molar-refractivity contribution in [2.75, 3.05) is 0 Å². The van der Waals surface area contributed by atoms with E-state index in [-0.39, 0.29) is 28.0 Å². The Balaban J connectivity index is 2.25. The van der Waals surface area contributed by atoms with Gasteiger partial charge in [-0.05, 0) is 30.9 Å². The van der Waals surface area contributed by atoms with Gasteiger partial charge in [-0.2, -0.15) is 0 Å². The molecule has 1 aliphatic carbocycles. The van der Waals surface area contributed by atoms with Gasteiger partial charge < -0.3 is 0 Å². The number of non-ortho nitro benzene ring substituents is 1. The van der Waals surface area contributed by atoms with E-state index in [4.69, 9.17) is 0 Å². The van der Waals surface area contributed by atoms with Gasteiger partial charge in [-0.1, -0.05) is 6.92 Å². The van der Waals surface area contributed by atoms with Gasteiger partial charge in [0.15, 0.2) is 0 Å². The van der Waals surface area contributed by atoms with Crippen LogP contribution in [0.5, 0.6) is 0 Å². The molecule has 8 heteroatoms. The van der Waals surface area contributed by atoms with Crippen molar-refractivity contribution in [1.82, 2.24) is 4.72 Å². The molecule has 0 heterocycles. The quantitative estimate of drug-likeness (QED) is 0.667. The molecule has 1 aromatic rings. The highest BCUT2D eigenvalue weighted by Crippen LogP contribution is 2.38. The predicted molar refractivity (Wildman–Crippen MR) is 70.4 cm³/mol. The van der Waals surface area contributed by atoms with Crippen molar-refractivity contribution in [2.24, 2.45) is 11.8 Å². The molecule has 0 bridgehead atoms. The maximum Gasteiger partial charge on any atom is 0.269 e. The van der Waals surface area contributed by atoms with Crippen LogP contribution in [0.3, 0.4) is 0 Å². The first kappa shape index (κ1) is 14.4. The van der Waals surface area contributed by atoms with E-state index in [1.54, 1.807) is 0 Å². The minimum Gasteiger partial charge on any atom is -0.274 e. The predicted octanol–water partition coefficient (Wildman–Crippen LogP) is 1.36. The van der Waals surface area contributed by atoms with Crippen molar-refractivity contribution >= 4 is 21.6 Å². The fourth-order valence-corrected chi connectivity index (χ4v) is 3.26. The van der Waals surface area contributed by atoms with Crippen molar-refractivity contribution in [1.29, 1.82) is 0 Å². The van der Waals surface area contributed by atoms with E-state index in [1.165, 1.54) is 13.0 Å². The second-order valence-electron chi connectivity index (χ2n) is 5.00.